The van der Waals surface area contributed by atoms with E-state index in [-0.39, 0.29) is 15.8 Å². The summed E-state index contributed by atoms with van der Waals surface area (Å²) in [6.45, 7) is 1.14. The topological polar surface area (TPSA) is 37.4 Å². The number of sulfonamides is 1. The van der Waals surface area contributed by atoms with E-state index in [1.807, 2.05) is 0 Å². The van der Waals surface area contributed by atoms with Gasteiger partial charge in [0.1, 0.15) is 5.82 Å². The van der Waals surface area contributed by atoms with Crippen LogP contribution in [-0.2, 0) is 10.0 Å². The lowest BCUT2D eigenvalue weighted by Gasteiger charge is -2.34. The first-order valence-corrected chi connectivity index (χ1v) is 7.49. The highest BCUT2D eigenvalue weighted by Gasteiger charge is 2.61. The molecule has 2 aliphatic rings. The van der Waals surface area contributed by atoms with Crippen molar-refractivity contribution in [3.63, 3.8) is 0 Å². The van der Waals surface area contributed by atoms with Crippen molar-refractivity contribution in [3.8, 4) is 0 Å². The van der Waals surface area contributed by atoms with Crippen molar-refractivity contribution in [2.45, 2.75) is 24.8 Å². The van der Waals surface area contributed by atoms with E-state index in [0.717, 1.165) is 6.07 Å². The van der Waals surface area contributed by atoms with Crippen molar-refractivity contribution >= 4 is 15.7 Å². The second-order valence-corrected chi connectivity index (χ2v) is 7.55. The lowest BCUT2D eigenvalue weighted by Crippen LogP contribution is -2.46. The van der Waals surface area contributed by atoms with E-state index in [4.69, 9.17) is 0 Å². The molecule has 1 aliphatic carbocycles. The Morgan fingerprint density at radius 1 is 1.29 bits per heavy atom. The molecule has 0 aromatic heterocycles. The molecule has 21 heavy (non-hydrogen) atoms. The number of fused-ring (bicyclic) bond motifs is 3. The number of hydrogen-bond acceptors (Lipinski definition) is 2. The molecular formula is C12H10F5NO2S. The van der Waals surface area contributed by atoms with Gasteiger partial charge in [-0.05, 0) is 29.4 Å². The van der Waals surface area contributed by atoms with Gasteiger partial charge in [-0.15, -0.1) is 0 Å². The molecular weight excluding hydrogens is 317 g/mol. The quantitative estimate of drug-likeness (QED) is 0.743. The van der Waals surface area contributed by atoms with Crippen molar-refractivity contribution < 1.29 is 30.4 Å². The first-order chi connectivity index (χ1) is 9.47. The average Bonchev–Trinajstić information content (AvgIpc) is 2.98. The van der Waals surface area contributed by atoms with Gasteiger partial charge in [-0.1, -0.05) is 6.92 Å². The molecule has 0 unspecified atom stereocenters. The zero-order chi connectivity index (χ0) is 15.8. The molecule has 9 heteroatoms. The second kappa shape index (κ2) is 3.88. The molecule has 0 saturated heterocycles. The van der Waals surface area contributed by atoms with Gasteiger partial charge < -0.3 is 0 Å². The molecule has 3 nitrogen and oxygen atoms in total. The maximum absolute atomic E-state index is 13.9. The van der Waals surface area contributed by atoms with Crippen LogP contribution in [0.1, 0.15) is 24.8 Å². The first kappa shape index (κ1) is 14.6. The minimum absolute atomic E-state index is 0.0194. The van der Waals surface area contributed by atoms with Crippen LogP contribution in [0.2, 0.25) is 0 Å². The Hall–Kier alpha value is -1.38. The summed E-state index contributed by atoms with van der Waals surface area (Å²) in [4.78, 5) is 0. The highest BCUT2D eigenvalue weighted by Crippen LogP contribution is 2.65. The lowest BCUT2D eigenvalue weighted by molar-refractivity contribution is -0.0439. The standard InChI is InChI=1S/C12H10F5NO2S/c1-11-4-8(11)7-2-6(13)3-9(14)10(7)18(5-11)21(19,20)12(15,16)17/h2-3,8H,4-5H2,1H3/t8-,11+/m1/s1. The van der Waals surface area contributed by atoms with Crippen LogP contribution in [0.4, 0.5) is 27.6 Å². The maximum atomic E-state index is 13.9. The zero-order valence-corrected chi connectivity index (χ0v) is 11.5. The fraction of sp³-hybridized carbons (Fsp3) is 0.500. The lowest BCUT2D eigenvalue weighted by atomic mass is 9.95. The number of alkyl halides is 3. The molecule has 1 fully saturated rings. The van der Waals surface area contributed by atoms with Gasteiger partial charge in [0.2, 0.25) is 0 Å². The summed E-state index contributed by atoms with van der Waals surface area (Å²) in [5, 5.41) is 0. The number of nitrogens with zero attached hydrogens (tertiary/aromatic N) is 1. The van der Waals surface area contributed by atoms with Crippen LogP contribution < -0.4 is 4.31 Å². The van der Waals surface area contributed by atoms with Crippen LogP contribution >= 0.6 is 0 Å². The van der Waals surface area contributed by atoms with E-state index in [1.54, 1.807) is 6.92 Å². The Bertz CT molecular complexity index is 730. The van der Waals surface area contributed by atoms with Gasteiger partial charge in [0.25, 0.3) is 0 Å². The molecule has 0 N–H and O–H groups in total. The highest BCUT2D eigenvalue weighted by atomic mass is 32.2. The third-order valence-electron chi connectivity index (χ3n) is 4.12. The first-order valence-electron chi connectivity index (χ1n) is 6.05. The molecule has 2 atom stereocenters. The molecule has 0 spiro atoms. The monoisotopic (exact) mass is 327 g/mol. The summed E-state index contributed by atoms with van der Waals surface area (Å²) < 4.78 is 88.8. The number of halogens is 5. The normalized spacial score (nSPS) is 28.1. The summed E-state index contributed by atoms with van der Waals surface area (Å²) >= 11 is 0. The van der Waals surface area contributed by atoms with Gasteiger partial charge in [-0.2, -0.15) is 21.6 Å². The average molecular weight is 327 g/mol. The van der Waals surface area contributed by atoms with Gasteiger partial charge in [0, 0.05) is 12.6 Å². The third kappa shape index (κ3) is 1.93. The SMILES string of the molecule is C[C@@]12C[C@@H]1c1cc(F)cc(F)c1N(S(=O)(=O)C(F)(F)F)C2. The van der Waals surface area contributed by atoms with Crippen LogP contribution in [0.15, 0.2) is 12.1 Å². The third-order valence-corrected chi connectivity index (χ3v) is 5.60. The smallest absolute Gasteiger partial charge is 0.259 e. The molecule has 0 bridgehead atoms. The Balaban J connectivity index is 2.23. The predicted molar refractivity (Wildman–Crippen MR) is 64.1 cm³/mol. The van der Waals surface area contributed by atoms with Gasteiger partial charge in [0.05, 0.1) is 5.69 Å². The van der Waals surface area contributed by atoms with Crippen LogP contribution in [-0.4, -0.2) is 20.5 Å². The summed E-state index contributed by atoms with van der Waals surface area (Å²) in [6.07, 6.45) is 0.396. The Morgan fingerprint density at radius 3 is 2.48 bits per heavy atom. The van der Waals surface area contributed by atoms with Gasteiger partial charge in [-0.25, -0.2) is 8.78 Å². The molecule has 1 heterocycles. The summed E-state index contributed by atoms with van der Waals surface area (Å²) in [7, 11) is -5.72. The number of benzene rings is 1. The van der Waals surface area contributed by atoms with E-state index < -0.39 is 44.8 Å². The molecule has 1 aromatic rings. The molecule has 0 amide bonds. The number of hydrogen-bond donors (Lipinski definition) is 0. The largest absolute Gasteiger partial charge is 0.516 e. The Morgan fingerprint density at radius 2 is 1.90 bits per heavy atom. The van der Waals surface area contributed by atoms with E-state index >= 15 is 0 Å². The highest BCUT2D eigenvalue weighted by molar-refractivity contribution is 7.93. The van der Waals surface area contributed by atoms with Crippen LogP contribution in [0, 0.1) is 17.0 Å². The number of anilines is 1. The fourth-order valence-corrected chi connectivity index (χ4v) is 4.07. The van der Waals surface area contributed by atoms with Crippen LogP contribution in [0.25, 0.3) is 0 Å². The molecule has 1 aliphatic heterocycles. The molecule has 1 saturated carbocycles. The second-order valence-electron chi connectivity index (χ2n) is 5.69. The number of rotatable bonds is 1. The summed E-state index contributed by atoms with van der Waals surface area (Å²) in [5.74, 6) is -2.56. The van der Waals surface area contributed by atoms with Crippen molar-refractivity contribution in [3.05, 3.63) is 29.3 Å². The van der Waals surface area contributed by atoms with Gasteiger partial charge >= 0.3 is 15.5 Å². The molecule has 0 radical (unpaired) electrons. The molecule has 1 aromatic carbocycles. The zero-order valence-electron chi connectivity index (χ0n) is 10.7. The van der Waals surface area contributed by atoms with Gasteiger partial charge in [0.15, 0.2) is 5.82 Å². The van der Waals surface area contributed by atoms with Crippen molar-refractivity contribution in [2.24, 2.45) is 5.41 Å². The van der Waals surface area contributed by atoms with E-state index in [0.29, 0.717) is 12.5 Å². The molecule has 116 valence electrons. The minimum atomic E-state index is -5.72. The minimum Gasteiger partial charge on any atom is -0.259 e. The summed E-state index contributed by atoms with van der Waals surface area (Å²) in [6, 6.07) is 1.30. The Labute approximate surface area is 117 Å². The Kier molecular flexibility index (Phi) is 2.69. The predicted octanol–water partition coefficient (Wildman–Crippen LogP) is 3.13. The van der Waals surface area contributed by atoms with Crippen LogP contribution in [0.5, 0.6) is 0 Å². The van der Waals surface area contributed by atoms with E-state index in [1.165, 1.54) is 0 Å². The fourth-order valence-electron chi connectivity index (χ4n) is 2.92. The van der Waals surface area contributed by atoms with Gasteiger partial charge in [-0.3, -0.25) is 4.31 Å². The van der Waals surface area contributed by atoms with Crippen molar-refractivity contribution in [2.75, 3.05) is 10.8 Å². The molecule has 3 rings (SSSR count). The van der Waals surface area contributed by atoms with E-state index in [2.05, 4.69) is 0 Å². The van der Waals surface area contributed by atoms with E-state index in [9.17, 15) is 30.4 Å². The van der Waals surface area contributed by atoms with Crippen molar-refractivity contribution in [1.82, 2.24) is 0 Å². The summed E-state index contributed by atoms with van der Waals surface area (Å²) in [5.41, 5.74) is -6.96. The van der Waals surface area contributed by atoms with Crippen molar-refractivity contribution in [1.29, 1.82) is 0 Å². The van der Waals surface area contributed by atoms with Crippen LogP contribution in [0.3, 0.4) is 0 Å². The maximum Gasteiger partial charge on any atom is 0.516 e.